The number of hydrogen-bond donors (Lipinski definition) is 1. The number of hydrogen-bond acceptors (Lipinski definition) is 2. The summed E-state index contributed by atoms with van der Waals surface area (Å²) in [4.78, 5) is 24.2. The van der Waals surface area contributed by atoms with Gasteiger partial charge in [0.1, 0.15) is 0 Å². The molecule has 2 saturated heterocycles. The van der Waals surface area contributed by atoms with Crippen LogP contribution >= 0.6 is 0 Å². The van der Waals surface area contributed by atoms with Crippen molar-refractivity contribution in [1.29, 1.82) is 0 Å². The number of carbonyl (C=O) groups excluding carboxylic acids is 2. The van der Waals surface area contributed by atoms with Gasteiger partial charge in [-0.3, -0.25) is 10.1 Å². The van der Waals surface area contributed by atoms with Crippen molar-refractivity contribution >= 4 is 11.9 Å². The molecule has 4 heteroatoms. The van der Waals surface area contributed by atoms with Crippen LogP contribution in [-0.2, 0) is 4.79 Å². The lowest BCUT2D eigenvalue weighted by molar-refractivity contribution is -0.126. The van der Waals surface area contributed by atoms with E-state index in [1.54, 1.807) is 4.90 Å². The van der Waals surface area contributed by atoms with Crippen molar-refractivity contribution in [3.63, 3.8) is 0 Å². The monoisotopic (exact) mass is 168 g/mol. The highest BCUT2D eigenvalue weighted by molar-refractivity contribution is 5.98. The lowest BCUT2D eigenvalue weighted by Crippen LogP contribution is -2.56. The van der Waals surface area contributed by atoms with E-state index >= 15 is 0 Å². The molecule has 1 N–H and O–H groups in total. The van der Waals surface area contributed by atoms with Crippen LogP contribution in [-0.4, -0.2) is 29.4 Å². The molecule has 2 aliphatic rings. The molecular weight excluding hydrogens is 156 g/mol. The zero-order chi connectivity index (χ0) is 8.72. The minimum absolute atomic E-state index is 0.0369. The van der Waals surface area contributed by atoms with Crippen molar-refractivity contribution in [3.05, 3.63) is 0 Å². The normalized spacial score (nSPS) is 34.9. The van der Waals surface area contributed by atoms with E-state index in [1.807, 2.05) is 6.92 Å². The topological polar surface area (TPSA) is 49.4 Å². The van der Waals surface area contributed by atoms with Gasteiger partial charge in [-0.15, -0.1) is 0 Å². The molecule has 2 rings (SSSR count). The van der Waals surface area contributed by atoms with E-state index in [2.05, 4.69) is 5.32 Å². The van der Waals surface area contributed by atoms with Gasteiger partial charge in [0, 0.05) is 12.6 Å². The lowest BCUT2D eigenvalue weighted by atomic mass is 9.97. The molecule has 0 spiro atoms. The van der Waals surface area contributed by atoms with E-state index in [0.29, 0.717) is 0 Å². The van der Waals surface area contributed by atoms with E-state index in [4.69, 9.17) is 0 Å². The van der Waals surface area contributed by atoms with E-state index in [0.717, 1.165) is 19.4 Å². The van der Waals surface area contributed by atoms with Crippen LogP contribution in [0.2, 0.25) is 0 Å². The molecule has 2 heterocycles. The summed E-state index contributed by atoms with van der Waals surface area (Å²) < 4.78 is 0. The molecule has 2 atom stereocenters. The van der Waals surface area contributed by atoms with Gasteiger partial charge in [-0.2, -0.15) is 0 Å². The molecule has 4 nitrogen and oxygen atoms in total. The second-order valence-corrected chi connectivity index (χ2v) is 3.49. The third kappa shape index (κ3) is 0.906. The number of nitrogens with zero attached hydrogens (tertiary/aromatic N) is 1. The Morgan fingerprint density at radius 1 is 1.50 bits per heavy atom. The molecule has 0 aromatic rings. The highest BCUT2D eigenvalue weighted by Gasteiger charge is 2.40. The van der Waals surface area contributed by atoms with Crippen molar-refractivity contribution in [2.24, 2.45) is 5.92 Å². The highest BCUT2D eigenvalue weighted by Crippen LogP contribution is 2.26. The van der Waals surface area contributed by atoms with Crippen LogP contribution in [0.1, 0.15) is 19.8 Å². The summed E-state index contributed by atoms with van der Waals surface area (Å²) in [6.07, 6.45) is 2.00. The number of rotatable bonds is 0. The fourth-order valence-electron chi connectivity index (χ4n) is 2.03. The largest absolute Gasteiger partial charge is 0.324 e. The van der Waals surface area contributed by atoms with Gasteiger partial charge in [0.2, 0.25) is 5.91 Å². The molecule has 0 bridgehead atoms. The van der Waals surface area contributed by atoms with Crippen LogP contribution in [0.4, 0.5) is 4.79 Å². The first-order valence-electron chi connectivity index (χ1n) is 4.31. The maximum absolute atomic E-state index is 11.2. The Morgan fingerprint density at radius 3 is 3.00 bits per heavy atom. The number of fused-ring (bicyclic) bond motifs is 1. The second-order valence-electron chi connectivity index (χ2n) is 3.49. The first-order valence-corrected chi connectivity index (χ1v) is 4.31. The molecule has 12 heavy (non-hydrogen) atoms. The Balaban J connectivity index is 2.23. The van der Waals surface area contributed by atoms with Crippen LogP contribution in [0, 0.1) is 5.92 Å². The Labute approximate surface area is 70.9 Å². The van der Waals surface area contributed by atoms with Crippen molar-refractivity contribution in [3.8, 4) is 0 Å². The predicted molar refractivity (Wildman–Crippen MR) is 42.4 cm³/mol. The number of carbonyl (C=O) groups is 2. The highest BCUT2D eigenvalue weighted by atomic mass is 16.2. The molecule has 0 aromatic carbocycles. The minimum atomic E-state index is -0.208. The van der Waals surface area contributed by atoms with Gasteiger partial charge in [-0.1, -0.05) is 6.92 Å². The second kappa shape index (κ2) is 2.47. The van der Waals surface area contributed by atoms with Gasteiger partial charge < -0.3 is 4.90 Å². The van der Waals surface area contributed by atoms with Crippen LogP contribution < -0.4 is 5.32 Å². The standard InChI is InChI=1S/C8H12N2O2/c1-5-6-3-2-4-10(6)8(12)9-7(5)11/h5-6H,2-4H2,1H3,(H,9,11,12). The molecule has 0 aliphatic carbocycles. The summed E-state index contributed by atoms with van der Waals surface area (Å²) in [5.41, 5.74) is 0. The fourth-order valence-corrected chi connectivity index (χ4v) is 2.03. The maximum Gasteiger partial charge on any atom is 0.324 e. The minimum Gasteiger partial charge on any atom is -0.321 e. The van der Waals surface area contributed by atoms with Gasteiger partial charge >= 0.3 is 6.03 Å². The summed E-state index contributed by atoms with van der Waals surface area (Å²) in [6, 6.07) is -0.0492. The van der Waals surface area contributed by atoms with Gasteiger partial charge in [-0.25, -0.2) is 4.79 Å². The van der Waals surface area contributed by atoms with Crippen molar-refractivity contribution in [2.75, 3.05) is 6.54 Å². The van der Waals surface area contributed by atoms with Crippen LogP contribution in [0.3, 0.4) is 0 Å². The first kappa shape index (κ1) is 7.58. The van der Waals surface area contributed by atoms with Gasteiger partial charge in [0.15, 0.2) is 0 Å². The van der Waals surface area contributed by atoms with Crippen molar-refractivity contribution in [1.82, 2.24) is 10.2 Å². The average Bonchev–Trinajstić information content (AvgIpc) is 2.48. The summed E-state index contributed by atoms with van der Waals surface area (Å²) >= 11 is 0. The average molecular weight is 168 g/mol. The van der Waals surface area contributed by atoms with Gasteiger partial charge in [0.05, 0.1) is 5.92 Å². The molecule has 2 unspecified atom stereocenters. The number of amides is 3. The molecule has 2 fully saturated rings. The third-order valence-electron chi connectivity index (χ3n) is 2.78. The molecule has 0 radical (unpaired) electrons. The molecule has 3 amide bonds. The van der Waals surface area contributed by atoms with Crippen LogP contribution in [0.15, 0.2) is 0 Å². The van der Waals surface area contributed by atoms with Crippen molar-refractivity contribution < 1.29 is 9.59 Å². The zero-order valence-corrected chi connectivity index (χ0v) is 7.04. The quantitative estimate of drug-likeness (QED) is 0.567. The van der Waals surface area contributed by atoms with E-state index < -0.39 is 0 Å². The third-order valence-corrected chi connectivity index (χ3v) is 2.78. The Bertz CT molecular complexity index is 239. The van der Waals surface area contributed by atoms with Gasteiger partial charge in [-0.05, 0) is 12.8 Å². The Morgan fingerprint density at radius 2 is 2.25 bits per heavy atom. The number of imide groups is 1. The van der Waals surface area contributed by atoms with Crippen LogP contribution in [0.5, 0.6) is 0 Å². The SMILES string of the molecule is CC1C(=O)NC(=O)N2CCCC12. The molecule has 2 aliphatic heterocycles. The molecule has 0 aromatic heterocycles. The van der Waals surface area contributed by atoms with Crippen molar-refractivity contribution in [2.45, 2.75) is 25.8 Å². The maximum atomic E-state index is 11.2. The number of urea groups is 1. The van der Waals surface area contributed by atoms with E-state index in [-0.39, 0.29) is 23.9 Å². The lowest BCUT2D eigenvalue weighted by Gasteiger charge is -2.33. The van der Waals surface area contributed by atoms with E-state index in [9.17, 15) is 9.59 Å². The van der Waals surface area contributed by atoms with E-state index in [1.165, 1.54) is 0 Å². The zero-order valence-electron chi connectivity index (χ0n) is 7.04. The fraction of sp³-hybridized carbons (Fsp3) is 0.750. The summed E-state index contributed by atoms with van der Waals surface area (Å²) in [5.74, 6) is -0.159. The summed E-state index contributed by atoms with van der Waals surface area (Å²) in [7, 11) is 0. The summed E-state index contributed by atoms with van der Waals surface area (Å²) in [6.45, 7) is 2.68. The van der Waals surface area contributed by atoms with Gasteiger partial charge in [0.25, 0.3) is 0 Å². The molecular formula is C8H12N2O2. The predicted octanol–water partition coefficient (Wildman–Crippen LogP) is 0.337. The molecule has 0 saturated carbocycles. The molecule has 66 valence electrons. The Kier molecular flexibility index (Phi) is 1.56. The first-order chi connectivity index (χ1) is 5.70. The summed E-state index contributed by atoms with van der Waals surface area (Å²) in [5, 5.41) is 2.35. The van der Waals surface area contributed by atoms with Crippen LogP contribution in [0.25, 0.3) is 0 Å². The Hall–Kier alpha value is -1.06. The smallest absolute Gasteiger partial charge is 0.321 e. The number of nitrogens with one attached hydrogen (secondary N) is 1.